The number of nitrogens with two attached hydrogens (primary N) is 1. The molecule has 94 valence electrons. The standard InChI is InChI=1S/C14H21NO2/c1-8-7-11(17-6)9(2)10(3)12(8)13(16)14(4,5)15/h7H,15H2,1-6H3. The Kier molecular flexibility index (Phi) is 3.62. The van der Waals surface area contributed by atoms with E-state index < -0.39 is 5.54 Å². The van der Waals surface area contributed by atoms with Gasteiger partial charge in [0.15, 0.2) is 5.78 Å². The number of Topliss-reactive ketones (excluding diaryl/α,β-unsaturated/α-hetero) is 1. The van der Waals surface area contributed by atoms with Gasteiger partial charge in [0.2, 0.25) is 0 Å². The van der Waals surface area contributed by atoms with Gasteiger partial charge >= 0.3 is 0 Å². The predicted molar refractivity (Wildman–Crippen MR) is 69.8 cm³/mol. The molecule has 1 aromatic carbocycles. The van der Waals surface area contributed by atoms with E-state index >= 15 is 0 Å². The van der Waals surface area contributed by atoms with Crippen LogP contribution in [0.3, 0.4) is 0 Å². The van der Waals surface area contributed by atoms with Gasteiger partial charge in [-0.05, 0) is 57.4 Å². The number of rotatable bonds is 3. The molecule has 0 aliphatic heterocycles. The summed E-state index contributed by atoms with van der Waals surface area (Å²) in [6, 6.07) is 1.89. The maximum atomic E-state index is 12.3. The molecule has 0 aromatic heterocycles. The molecule has 0 fully saturated rings. The topological polar surface area (TPSA) is 52.3 Å². The summed E-state index contributed by atoms with van der Waals surface area (Å²) in [5.74, 6) is 0.782. The molecule has 0 atom stereocenters. The van der Waals surface area contributed by atoms with E-state index in [0.717, 1.165) is 28.0 Å². The quantitative estimate of drug-likeness (QED) is 0.819. The highest BCUT2D eigenvalue weighted by atomic mass is 16.5. The summed E-state index contributed by atoms with van der Waals surface area (Å²) in [7, 11) is 1.63. The molecule has 0 spiro atoms. The highest BCUT2D eigenvalue weighted by molar-refractivity contribution is 6.05. The molecule has 0 aliphatic rings. The van der Waals surface area contributed by atoms with Crippen LogP contribution in [0.5, 0.6) is 5.75 Å². The van der Waals surface area contributed by atoms with Crippen LogP contribution in [-0.2, 0) is 0 Å². The lowest BCUT2D eigenvalue weighted by atomic mass is 9.87. The lowest BCUT2D eigenvalue weighted by Gasteiger charge is -2.22. The average molecular weight is 235 g/mol. The van der Waals surface area contributed by atoms with Crippen molar-refractivity contribution in [1.82, 2.24) is 0 Å². The molecule has 0 bridgehead atoms. The molecule has 0 unspecified atom stereocenters. The fourth-order valence-electron chi connectivity index (χ4n) is 1.93. The van der Waals surface area contributed by atoms with E-state index in [-0.39, 0.29) is 5.78 Å². The van der Waals surface area contributed by atoms with Gasteiger partial charge in [-0.3, -0.25) is 4.79 Å². The summed E-state index contributed by atoms with van der Waals surface area (Å²) in [6.45, 7) is 9.26. The number of methoxy groups -OCH3 is 1. The minimum Gasteiger partial charge on any atom is -0.496 e. The smallest absolute Gasteiger partial charge is 0.182 e. The van der Waals surface area contributed by atoms with Crippen LogP contribution in [0.25, 0.3) is 0 Å². The summed E-state index contributed by atoms with van der Waals surface area (Å²) < 4.78 is 5.28. The first-order valence-corrected chi connectivity index (χ1v) is 5.68. The third kappa shape index (κ3) is 2.50. The van der Waals surface area contributed by atoms with E-state index in [4.69, 9.17) is 10.5 Å². The van der Waals surface area contributed by atoms with Crippen molar-refractivity contribution >= 4 is 5.78 Å². The Bertz CT molecular complexity index is 456. The second-order valence-electron chi connectivity index (χ2n) is 5.07. The zero-order valence-electron chi connectivity index (χ0n) is 11.5. The minimum absolute atomic E-state index is 0.0294. The van der Waals surface area contributed by atoms with Crippen molar-refractivity contribution in [1.29, 1.82) is 0 Å². The van der Waals surface area contributed by atoms with Gasteiger partial charge in [0.25, 0.3) is 0 Å². The van der Waals surface area contributed by atoms with Crippen LogP contribution < -0.4 is 10.5 Å². The highest BCUT2D eigenvalue weighted by Crippen LogP contribution is 2.29. The molecule has 17 heavy (non-hydrogen) atoms. The van der Waals surface area contributed by atoms with Gasteiger partial charge in [-0.15, -0.1) is 0 Å². The van der Waals surface area contributed by atoms with Gasteiger partial charge in [0, 0.05) is 5.56 Å². The van der Waals surface area contributed by atoms with Gasteiger partial charge in [0.05, 0.1) is 12.6 Å². The molecule has 3 nitrogen and oxygen atoms in total. The first-order chi connectivity index (χ1) is 7.70. The molecule has 0 aliphatic carbocycles. The van der Waals surface area contributed by atoms with Crippen molar-refractivity contribution in [2.45, 2.75) is 40.2 Å². The van der Waals surface area contributed by atoms with E-state index in [2.05, 4.69) is 0 Å². The van der Waals surface area contributed by atoms with E-state index in [1.54, 1.807) is 21.0 Å². The molecule has 0 saturated carbocycles. The summed E-state index contributed by atoms with van der Waals surface area (Å²) in [4.78, 5) is 12.3. The molecule has 1 rings (SSSR count). The van der Waals surface area contributed by atoms with Gasteiger partial charge in [0.1, 0.15) is 5.75 Å². The van der Waals surface area contributed by atoms with E-state index in [9.17, 15) is 4.79 Å². The van der Waals surface area contributed by atoms with Gasteiger partial charge in [-0.25, -0.2) is 0 Å². The Morgan fingerprint density at radius 1 is 1.24 bits per heavy atom. The van der Waals surface area contributed by atoms with Crippen LogP contribution in [0.2, 0.25) is 0 Å². The summed E-state index contributed by atoms with van der Waals surface area (Å²) in [5, 5.41) is 0. The van der Waals surface area contributed by atoms with Crippen LogP contribution >= 0.6 is 0 Å². The first-order valence-electron chi connectivity index (χ1n) is 5.68. The molecule has 0 heterocycles. The van der Waals surface area contributed by atoms with E-state index in [0.29, 0.717) is 0 Å². The normalized spacial score (nSPS) is 11.5. The van der Waals surface area contributed by atoms with Crippen molar-refractivity contribution in [2.75, 3.05) is 7.11 Å². The zero-order chi connectivity index (χ0) is 13.4. The van der Waals surface area contributed by atoms with Crippen LogP contribution in [0, 0.1) is 20.8 Å². The fourth-order valence-corrected chi connectivity index (χ4v) is 1.93. The zero-order valence-corrected chi connectivity index (χ0v) is 11.5. The van der Waals surface area contributed by atoms with Crippen LogP contribution in [-0.4, -0.2) is 18.4 Å². The molecule has 1 aromatic rings. The summed E-state index contributed by atoms with van der Waals surface area (Å²) >= 11 is 0. The molecular weight excluding hydrogens is 214 g/mol. The van der Waals surface area contributed by atoms with Crippen molar-refractivity contribution in [3.05, 3.63) is 28.3 Å². The number of benzene rings is 1. The third-order valence-electron chi connectivity index (χ3n) is 3.08. The predicted octanol–water partition coefficient (Wildman–Crippen LogP) is 2.54. The number of carbonyl (C=O) groups excluding carboxylic acids is 1. The Balaban J connectivity index is 3.47. The first kappa shape index (κ1) is 13.7. The fraction of sp³-hybridized carbons (Fsp3) is 0.500. The lowest BCUT2D eigenvalue weighted by molar-refractivity contribution is 0.0912. The Morgan fingerprint density at radius 3 is 2.18 bits per heavy atom. The number of hydrogen-bond acceptors (Lipinski definition) is 3. The van der Waals surface area contributed by atoms with Crippen LogP contribution in [0.4, 0.5) is 0 Å². The monoisotopic (exact) mass is 235 g/mol. The molecule has 0 radical (unpaired) electrons. The third-order valence-corrected chi connectivity index (χ3v) is 3.08. The van der Waals surface area contributed by atoms with Gasteiger partial charge in [-0.2, -0.15) is 0 Å². The van der Waals surface area contributed by atoms with Crippen LogP contribution in [0.1, 0.15) is 40.9 Å². The lowest BCUT2D eigenvalue weighted by Crippen LogP contribution is -2.42. The molecular formula is C14H21NO2. The number of ketones is 1. The van der Waals surface area contributed by atoms with E-state index in [1.807, 2.05) is 26.8 Å². The van der Waals surface area contributed by atoms with Crippen molar-refractivity contribution < 1.29 is 9.53 Å². The second-order valence-corrected chi connectivity index (χ2v) is 5.07. The number of hydrogen-bond donors (Lipinski definition) is 1. The van der Waals surface area contributed by atoms with Crippen molar-refractivity contribution in [3.63, 3.8) is 0 Å². The largest absolute Gasteiger partial charge is 0.496 e. The molecule has 0 amide bonds. The number of carbonyl (C=O) groups is 1. The Hall–Kier alpha value is -1.35. The maximum absolute atomic E-state index is 12.3. The maximum Gasteiger partial charge on any atom is 0.182 e. The minimum atomic E-state index is -0.851. The number of aryl methyl sites for hydroxylation is 1. The van der Waals surface area contributed by atoms with Crippen LogP contribution in [0.15, 0.2) is 6.07 Å². The average Bonchev–Trinajstić information content (AvgIpc) is 2.22. The van der Waals surface area contributed by atoms with Gasteiger partial charge < -0.3 is 10.5 Å². The Labute approximate surface area is 103 Å². The summed E-state index contributed by atoms with van der Waals surface area (Å²) in [6.07, 6.45) is 0. The van der Waals surface area contributed by atoms with Gasteiger partial charge in [-0.1, -0.05) is 0 Å². The van der Waals surface area contributed by atoms with Crippen molar-refractivity contribution in [3.8, 4) is 5.75 Å². The number of ether oxygens (including phenoxy) is 1. The highest BCUT2D eigenvalue weighted by Gasteiger charge is 2.27. The molecule has 0 saturated heterocycles. The van der Waals surface area contributed by atoms with Crippen molar-refractivity contribution in [2.24, 2.45) is 5.73 Å². The summed E-state index contributed by atoms with van der Waals surface area (Å²) in [5.41, 5.74) is 8.61. The van der Waals surface area contributed by atoms with E-state index in [1.165, 1.54) is 0 Å². The molecule has 3 heteroatoms. The Morgan fingerprint density at radius 2 is 1.76 bits per heavy atom. The SMILES string of the molecule is COc1cc(C)c(C(=O)C(C)(C)N)c(C)c1C. The second kappa shape index (κ2) is 4.49. The molecule has 2 N–H and O–H groups in total.